The normalized spacial score (nSPS) is 12.5. The minimum Gasteiger partial charge on any atom is -0.456 e. The zero-order chi connectivity index (χ0) is 25.2. The molecule has 0 aliphatic rings. The monoisotopic (exact) mass is 491 g/mol. The standard InChI is InChI=1S/C26H29N5O3S/c1-17-12-18(13-25(32)30-19-15-29-31(16-19)26(2,3)4)6-9-23(17)34-24-10-11-28-22-8-7-20(14-21(22)24)35(33)27-5/h6-12,14-16,27H,13H2,1-5H3,(H,30,32). The van der Waals surface area contributed by atoms with Crippen molar-refractivity contribution in [1.29, 1.82) is 0 Å². The lowest BCUT2D eigenvalue weighted by molar-refractivity contribution is -0.115. The van der Waals surface area contributed by atoms with E-state index in [4.69, 9.17) is 4.74 Å². The van der Waals surface area contributed by atoms with E-state index in [1.165, 1.54) is 0 Å². The van der Waals surface area contributed by atoms with E-state index < -0.39 is 11.0 Å². The van der Waals surface area contributed by atoms with Gasteiger partial charge in [0.25, 0.3) is 0 Å². The molecule has 8 nitrogen and oxygen atoms in total. The maximum atomic E-state index is 12.6. The Bertz CT molecular complexity index is 1410. The minimum absolute atomic E-state index is 0.114. The molecule has 0 fully saturated rings. The van der Waals surface area contributed by atoms with E-state index in [2.05, 4.69) is 40.9 Å². The second-order valence-electron chi connectivity index (χ2n) is 9.23. The van der Waals surface area contributed by atoms with Gasteiger partial charge in [0.2, 0.25) is 5.91 Å². The number of benzene rings is 2. The lowest BCUT2D eigenvalue weighted by Gasteiger charge is -2.18. The van der Waals surface area contributed by atoms with Gasteiger partial charge in [-0.05, 0) is 76.2 Å². The third-order valence-corrected chi connectivity index (χ3v) is 6.50. The van der Waals surface area contributed by atoms with Crippen LogP contribution in [-0.2, 0) is 27.7 Å². The SMILES string of the molecule is CNS(=O)c1ccc2nccc(Oc3ccc(CC(=O)Nc4cnn(C(C)(C)C)c4)cc3C)c2c1. The molecule has 0 saturated carbocycles. The highest BCUT2D eigenvalue weighted by Crippen LogP contribution is 2.32. The second kappa shape index (κ2) is 9.97. The molecule has 4 rings (SSSR count). The van der Waals surface area contributed by atoms with Crippen LogP contribution in [0.5, 0.6) is 11.5 Å². The molecule has 0 bridgehead atoms. The molecule has 0 saturated heterocycles. The summed E-state index contributed by atoms with van der Waals surface area (Å²) in [5.41, 5.74) is 3.05. The lowest BCUT2D eigenvalue weighted by atomic mass is 10.1. The molecule has 9 heteroatoms. The zero-order valence-electron chi connectivity index (χ0n) is 20.5. The van der Waals surface area contributed by atoms with E-state index in [1.54, 1.807) is 31.6 Å². The van der Waals surface area contributed by atoms with Crippen LogP contribution >= 0.6 is 0 Å². The first-order chi connectivity index (χ1) is 16.6. The zero-order valence-corrected chi connectivity index (χ0v) is 21.3. The lowest BCUT2D eigenvalue weighted by Crippen LogP contribution is -2.22. The predicted octanol–water partition coefficient (Wildman–Crippen LogP) is 4.71. The van der Waals surface area contributed by atoms with Crippen molar-refractivity contribution in [2.24, 2.45) is 0 Å². The van der Waals surface area contributed by atoms with E-state index in [9.17, 15) is 9.00 Å². The number of nitrogens with zero attached hydrogens (tertiary/aromatic N) is 3. The maximum absolute atomic E-state index is 12.6. The number of aryl methyl sites for hydroxylation is 1. The Morgan fingerprint density at radius 3 is 2.60 bits per heavy atom. The van der Waals surface area contributed by atoms with Crippen LogP contribution in [0.2, 0.25) is 0 Å². The molecule has 1 amide bonds. The fraction of sp³-hybridized carbons (Fsp3) is 0.269. The molecule has 0 spiro atoms. The van der Waals surface area contributed by atoms with Gasteiger partial charge in [-0.25, -0.2) is 8.93 Å². The van der Waals surface area contributed by atoms with Crippen molar-refractivity contribution in [2.45, 2.75) is 44.6 Å². The highest BCUT2D eigenvalue weighted by atomic mass is 32.2. The average Bonchev–Trinajstić information content (AvgIpc) is 3.29. The van der Waals surface area contributed by atoms with Gasteiger partial charge in [0.05, 0.1) is 34.3 Å². The van der Waals surface area contributed by atoms with Gasteiger partial charge in [0, 0.05) is 17.8 Å². The molecule has 0 aliphatic carbocycles. The van der Waals surface area contributed by atoms with Crippen LogP contribution in [0.1, 0.15) is 31.9 Å². The number of anilines is 1. The van der Waals surface area contributed by atoms with E-state index in [-0.39, 0.29) is 17.9 Å². The number of carbonyl (C=O) groups excluding carboxylic acids is 1. The third kappa shape index (κ3) is 5.75. The van der Waals surface area contributed by atoms with Crippen LogP contribution in [-0.4, -0.2) is 31.9 Å². The van der Waals surface area contributed by atoms with Crippen LogP contribution in [0.25, 0.3) is 10.9 Å². The molecule has 2 aromatic carbocycles. The van der Waals surface area contributed by atoms with Crippen molar-refractivity contribution in [3.05, 3.63) is 72.2 Å². The summed E-state index contributed by atoms with van der Waals surface area (Å²) in [6.07, 6.45) is 5.40. The van der Waals surface area contributed by atoms with Crippen molar-refractivity contribution in [1.82, 2.24) is 19.5 Å². The minimum atomic E-state index is -1.31. The number of nitrogens with one attached hydrogen (secondary N) is 2. The van der Waals surface area contributed by atoms with Crippen LogP contribution < -0.4 is 14.8 Å². The summed E-state index contributed by atoms with van der Waals surface area (Å²) >= 11 is 0. The van der Waals surface area contributed by atoms with E-state index in [1.807, 2.05) is 48.1 Å². The van der Waals surface area contributed by atoms with Crippen molar-refractivity contribution in [2.75, 3.05) is 12.4 Å². The predicted molar refractivity (Wildman–Crippen MR) is 138 cm³/mol. The van der Waals surface area contributed by atoms with Crippen LogP contribution in [0.3, 0.4) is 0 Å². The largest absolute Gasteiger partial charge is 0.456 e. The fourth-order valence-corrected chi connectivity index (χ4v) is 4.27. The van der Waals surface area contributed by atoms with Gasteiger partial charge < -0.3 is 10.1 Å². The highest BCUT2D eigenvalue weighted by Gasteiger charge is 2.15. The summed E-state index contributed by atoms with van der Waals surface area (Å²) in [4.78, 5) is 17.6. The van der Waals surface area contributed by atoms with E-state index >= 15 is 0 Å². The Morgan fingerprint density at radius 1 is 1.11 bits per heavy atom. The number of carbonyl (C=O) groups is 1. The number of fused-ring (bicyclic) bond motifs is 1. The Kier molecular flexibility index (Phi) is 7.00. The number of amides is 1. The highest BCUT2D eigenvalue weighted by molar-refractivity contribution is 7.83. The summed E-state index contributed by atoms with van der Waals surface area (Å²) in [5.74, 6) is 1.18. The number of ether oxygens (including phenoxy) is 1. The van der Waals surface area contributed by atoms with Crippen molar-refractivity contribution >= 4 is 33.5 Å². The molecular formula is C26H29N5O3S. The van der Waals surface area contributed by atoms with E-state index in [0.717, 1.165) is 22.0 Å². The first-order valence-electron chi connectivity index (χ1n) is 11.2. The van der Waals surface area contributed by atoms with Crippen molar-refractivity contribution in [3.63, 3.8) is 0 Å². The van der Waals surface area contributed by atoms with Crippen LogP contribution in [0, 0.1) is 6.92 Å². The van der Waals surface area contributed by atoms with Crippen LogP contribution in [0.15, 0.2) is 66.0 Å². The summed E-state index contributed by atoms with van der Waals surface area (Å²) in [6, 6.07) is 12.9. The van der Waals surface area contributed by atoms with Crippen molar-refractivity contribution < 1.29 is 13.7 Å². The molecule has 0 radical (unpaired) electrons. The first kappa shape index (κ1) is 24.6. The van der Waals surface area contributed by atoms with Gasteiger partial charge in [0.1, 0.15) is 22.5 Å². The number of hydrogen-bond acceptors (Lipinski definition) is 5. The second-order valence-corrected chi connectivity index (χ2v) is 10.6. The van der Waals surface area contributed by atoms with Gasteiger partial charge in [0.15, 0.2) is 0 Å². The fourth-order valence-electron chi connectivity index (χ4n) is 3.62. The van der Waals surface area contributed by atoms with Crippen LogP contribution in [0.4, 0.5) is 5.69 Å². The number of hydrogen-bond donors (Lipinski definition) is 2. The number of aromatic nitrogens is 3. The van der Waals surface area contributed by atoms with Crippen molar-refractivity contribution in [3.8, 4) is 11.5 Å². The van der Waals surface area contributed by atoms with Gasteiger partial charge in [-0.2, -0.15) is 5.10 Å². The quantitative estimate of drug-likeness (QED) is 0.390. The molecule has 2 aromatic heterocycles. The molecule has 2 heterocycles. The average molecular weight is 492 g/mol. The van der Waals surface area contributed by atoms with E-state index in [0.29, 0.717) is 22.1 Å². The molecule has 1 atom stereocenters. The summed E-state index contributed by atoms with van der Waals surface area (Å²) < 4.78 is 22.9. The summed E-state index contributed by atoms with van der Waals surface area (Å²) in [7, 11) is 0.335. The summed E-state index contributed by atoms with van der Waals surface area (Å²) in [5, 5.41) is 7.99. The molecule has 0 aliphatic heterocycles. The Balaban J connectivity index is 1.49. The Morgan fingerprint density at radius 2 is 1.91 bits per heavy atom. The van der Waals surface area contributed by atoms with Gasteiger partial charge in [-0.1, -0.05) is 12.1 Å². The molecular weight excluding hydrogens is 462 g/mol. The topological polar surface area (TPSA) is 98.1 Å². The molecule has 182 valence electrons. The summed E-state index contributed by atoms with van der Waals surface area (Å²) in [6.45, 7) is 8.09. The molecule has 35 heavy (non-hydrogen) atoms. The van der Waals surface area contributed by atoms with Gasteiger partial charge >= 0.3 is 0 Å². The van der Waals surface area contributed by atoms with Gasteiger partial charge in [-0.3, -0.25) is 14.5 Å². The number of rotatable bonds is 7. The number of pyridine rings is 1. The maximum Gasteiger partial charge on any atom is 0.228 e. The molecule has 1 unspecified atom stereocenters. The third-order valence-electron chi connectivity index (χ3n) is 5.45. The first-order valence-corrected chi connectivity index (χ1v) is 12.4. The molecule has 2 N–H and O–H groups in total. The molecule has 4 aromatic rings. The van der Waals surface area contributed by atoms with Gasteiger partial charge in [-0.15, -0.1) is 0 Å². The smallest absolute Gasteiger partial charge is 0.228 e. The Labute approximate surface area is 207 Å². The Hall–Kier alpha value is -3.56.